The highest BCUT2D eigenvalue weighted by molar-refractivity contribution is 5.88. The van der Waals surface area contributed by atoms with Crippen molar-refractivity contribution < 1.29 is 4.92 Å². The molecule has 1 atom stereocenters. The first kappa shape index (κ1) is 13.3. The van der Waals surface area contributed by atoms with Crippen molar-refractivity contribution in [2.24, 2.45) is 7.05 Å². The smallest absolute Gasteiger partial charge is 0.258 e. The van der Waals surface area contributed by atoms with Gasteiger partial charge < -0.3 is 0 Å². The molecule has 23 heavy (non-hydrogen) atoms. The fourth-order valence-corrected chi connectivity index (χ4v) is 2.38. The van der Waals surface area contributed by atoms with Crippen molar-refractivity contribution >= 4 is 22.4 Å². The van der Waals surface area contributed by atoms with Crippen LogP contribution in [0.1, 0.15) is 18.8 Å². The predicted octanol–water partition coefficient (Wildman–Crippen LogP) is 0.725. The molecule has 0 bridgehead atoms. The molecule has 0 aromatic carbocycles. The van der Waals surface area contributed by atoms with Gasteiger partial charge >= 0.3 is 5.69 Å². The van der Waals surface area contributed by atoms with E-state index in [0.717, 1.165) is 5.39 Å². The summed E-state index contributed by atoms with van der Waals surface area (Å²) in [6, 6.07) is -0.352. The Morgan fingerprint density at radius 3 is 2.83 bits per heavy atom. The van der Waals surface area contributed by atoms with Gasteiger partial charge in [-0.25, -0.2) is 14.5 Å². The van der Waals surface area contributed by atoms with Gasteiger partial charge in [-0.15, -0.1) is 5.10 Å². The minimum Gasteiger partial charge on any atom is -0.258 e. The van der Waals surface area contributed by atoms with Crippen molar-refractivity contribution in [3.8, 4) is 0 Å². The van der Waals surface area contributed by atoms with Gasteiger partial charge in [0, 0.05) is 7.05 Å². The highest BCUT2D eigenvalue weighted by Gasteiger charge is 2.19. The first-order valence-electron chi connectivity index (χ1n) is 6.76. The summed E-state index contributed by atoms with van der Waals surface area (Å²) in [6.45, 7) is 1.82. The summed E-state index contributed by atoms with van der Waals surface area (Å²) in [5, 5.41) is 24.1. The molecule has 0 amide bonds. The summed E-state index contributed by atoms with van der Waals surface area (Å²) in [5.41, 5.74) is 1.27. The molecular formula is C12H11N9O2. The summed E-state index contributed by atoms with van der Waals surface area (Å²) >= 11 is 0. The molecule has 11 heteroatoms. The van der Waals surface area contributed by atoms with Gasteiger partial charge in [-0.3, -0.25) is 19.5 Å². The maximum Gasteiger partial charge on any atom is 0.307 e. The zero-order valence-corrected chi connectivity index (χ0v) is 12.2. The zero-order chi connectivity index (χ0) is 16.1. The molecule has 0 spiro atoms. The van der Waals surface area contributed by atoms with Crippen molar-refractivity contribution in [1.29, 1.82) is 0 Å². The Labute approximate surface area is 128 Å². The average molecular weight is 313 g/mol. The summed E-state index contributed by atoms with van der Waals surface area (Å²) in [5.74, 6) is 0.487. The van der Waals surface area contributed by atoms with Gasteiger partial charge in [-0.2, -0.15) is 10.2 Å². The molecule has 4 heterocycles. The molecule has 4 aromatic rings. The van der Waals surface area contributed by atoms with Gasteiger partial charge in [0.05, 0.1) is 16.5 Å². The van der Waals surface area contributed by atoms with Crippen molar-refractivity contribution in [1.82, 2.24) is 39.1 Å². The Kier molecular flexibility index (Phi) is 2.64. The number of aromatic nitrogens is 8. The predicted molar refractivity (Wildman–Crippen MR) is 77.7 cm³/mol. The second kappa shape index (κ2) is 4.56. The van der Waals surface area contributed by atoms with E-state index < -0.39 is 4.92 Å². The molecule has 116 valence electrons. The topological polar surface area (TPSA) is 122 Å². The van der Waals surface area contributed by atoms with Gasteiger partial charge in [0.1, 0.15) is 24.8 Å². The molecule has 0 saturated carbocycles. The van der Waals surface area contributed by atoms with E-state index in [1.807, 2.05) is 6.92 Å². The molecule has 0 radical (unpaired) electrons. The van der Waals surface area contributed by atoms with Crippen LogP contribution in [0.15, 0.2) is 24.9 Å². The third-order valence-corrected chi connectivity index (χ3v) is 3.65. The van der Waals surface area contributed by atoms with Crippen LogP contribution in [0.4, 0.5) is 5.69 Å². The number of fused-ring (bicyclic) bond motifs is 3. The molecule has 0 fully saturated rings. The van der Waals surface area contributed by atoms with E-state index in [4.69, 9.17) is 0 Å². The number of hydrogen-bond donors (Lipinski definition) is 0. The van der Waals surface area contributed by atoms with Crippen LogP contribution in [0.5, 0.6) is 0 Å². The first-order chi connectivity index (χ1) is 11.0. The lowest BCUT2D eigenvalue weighted by Crippen LogP contribution is -2.09. The summed E-state index contributed by atoms with van der Waals surface area (Å²) in [6.07, 6.45) is 5.80. The van der Waals surface area contributed by atoms with Gasteiger partial charge in [0.15, 0.2) is 17.1 Å². The van der Waals surface area contributed by atoms with E-state index in [0.29, 0.717) is 17.1 Å². The van der Waals surface area contributed by atoms with Crippen LogP contribution >= 0.6 is 0 Å². The maximum atomic E-state index is 10.8. The van der Waals surface area contributed by atoms with Crippen LogP contribution in [-0.2, 0) is 7.05 Å². The largest absolute Gasteiger partial charge is 0.307 e. The van der Waals surface area contributed by atoms with Crippen LogP contribution in [0.2, 0.25) is 0 Å². The lowest BCUT2D eigenvalue weighted by Gasteiger charge is -2.05. The molecule has 1 unspecified atom stereocenters. The van der Waals surface area contributed by atoms with E-state index >= 15 is 0 Å². The SMILES string of the molecule is CC(c1nc2c3cnn(C)c3ncn2n1)n1cc([N+](=O)[O-])cn1. The fourth-order valence-electron chi connectivity index (χ4n) is 2.38. The Bertz CT molecular complexity index is 1040. The van der Waals surface area contributed by atoms with Crippen LogP contribution in [0.3, 0.4) is 0 Å². The highest BCUT2D eigenvalue weighted by atomic mass is 16.6. The quantitative estimate of drug-likeness (QED) is 0.403. The normalized spacial score (nSPS) is 13.0. The number of aryl methyl sites for hydroxylation is 1. The zero-order valence-electron chi connectivity index (χ0n) is 12.2. The average Bonchev–Trinajstić information content (AvgIpc) is 3.23. The van der Waals surface area contributed by atoms with Crippen molar-refractivity contribution in [3.05, 3.63) is 40.9 Å². The Hall–Kier alpha value is -3.37. The third kappa shape index (κ3) is 1.93. The number of rotatable bonds is 3. The molecule has 4 aromatic heterocycles. The molecular weight excluding hydrogens is 302 g/mol. The lowest BCUT2D eigenvalue weighted by atomic mass is 10.3. The van der Waals surface area contributed by atoms with Crippen LogP contribution < -0.4 is 0 Å². The molecule has 0 aliphatic carbocycles. The highest BCUT2D eigenvalue weighted by Crippen LogP contribution is 2.20. The number of nitrogens with zero attached hydrogens (tertiary/aromatic N) is 9. The number of hydrogen-bond acceptors (Lipinski definition) is 7. The first-order valence-corrected chi connectivity index (χ1v) is 6.76. The van der Waals surface area contributed by atoms with Gasteiger partial charge in [0.2, 0.25) is 0 Å². The molecule has 4 rings (SSSR count). The monoisotopic (exact) mass is 313 g/mol. The molecule has 0 N–H and O–H groups in total. The van der Waals surface area contributed by atoms with Gasteiger partial charge in [-0.05, 0) is 6.92 Å². The van der Waals surface area contributed by atoms with E-state index in [2.05, 4.69) is 25.3 Å². The van der Waals surface area contributed by atoms with Crippen molar-refractivity contribution in [3.63, 3.8) is 0 Å². The van der Waals surface area contributed by atoms with E-state index in [1.165, 1.54) is 17.1 Å². The molecule has 0 saturated heterocycles. The van der Waals surface area contributed by atoms with E-state index in [9.17, 15) is 10.1 Å². The summed E-state index contributed by atoms with van der Waals surface area (Å²) in [4.78, 5) is 19.1. The van der Waals surface area contributed by atoms with Crippen LogP contribution in [0, 0.1) is 10.1 Å². The maximum absolute atomic E-state index is 10.8. The lowest BCUT2D eigenvalue weighted by molar-refractivity contribution is -0.385. The van der Waals surface area contributed by atoms with Gasteiger partial charge in [-0.1, -0.05) is 0 Å². The summed E-state index contributed by atoms with van der Waals surface area (Å²) < 4.78 is 4.68. The third-order valence-electron chi connectivity index (χ3n) is 3.65. The standard InChI is InChI=1S/C12H11N9O2/c1-7(19-5-8(3-15-19)21(22)23)10-16-12-9-4-14-18(2)11(9)13-6-20(12)17-10/h3-7H,1-2H3. The van der Waals surface area contributed by atoms with Crippen molar-refractivity contribution in [2.45, 2.75) is 13.0 Å². The molecule has 0 aliphatic heterocycles. The minimum atomic E-state index is -0.490. The van der Waals surface area contributed by atoms with Crippen LogP contribution in [-0.4, -0.2) is 44.1 Å². The molecule has 11 nitrogen and oxygen atoms in total. The second-order valence-electron chi connectivity index (χ2n) is 5.10. The Morgan fingerprint density at radius 1 is 1.26 bits per heavy atom. The van der Waals surface area contributed by atoms with E-state index in [1.54, 1.807) is 28.8 Å². The molecule has 0 aliphatic rings. The van der Waals surface area contributed by atoms with E-state index in [-0.39, 0.29) is 11.7 Å². The summed E-state index contributed by atoms with van der Waals surface area (Å²) in [7, 11) is 1.80. The second-order valence-corrected chi connectivity index (χ2v) is 5.10. The van der Waals surface area contributed by atoms with Crippen LogP contribution in [0.25, 0.3) is 16.7 Å². The Balaban J connectivity index is 1.81. The van der Waals surface area contributed by atoms with Gasteiger partial charge in [0.25, 0.3) is 0 Å². The van der Waals surface area contributed by atoms with Crippen molar-refractivity contribution in [2.75, 3.05) is 0 Å². The fraction of sp³-hybridized carbons (Fsp3) is 0.250. The minimum absolute atomic E-state index is 0.0723. The number of nitro groups is 1. The Morgan fingerprint density at radius 2 is 2.09 bits per heavy atom.